The molecule has 2 aliphatic rings. The van der Waals surface area contributed by atoms with Crippen LogP contribution in [-0.4, -0.2) is 66.8 Å². The largest absolute Gasteiger partial charge is 0.395 e. The maximum atomic E-state index is 9.55. The lowest BCUT2D eigenvalue weighted by atomic mass is 10.0. The third kappa shape index (κ3) is 3.19. The number of likely N-dealkylation sites (tertiary alicyclic amines) is 1. The van der Waals surface area contributed by atoms with E-state index in [-0.39, 0.29) is 18.7 Å². The Kier molecular flexibility index (Phi) is 4.42. The normalized spacial score (nSPS) is 29.8. The minimum atomic E-state index is 0.136. The molecule has 2 fully saturated rings. The van der Waals surface area contributed by atoms with Gasteiger partial charge in [-0.2, -0.15) is 0 Å². The molecular formula is C13H27N3O. The molecule has 1 heterocycles. The number of hydrogen-bond donors (Lipinski definition) is 2. The molecule has 0 aromatic heterocycles. The Morgan fingerprint density at radius 2 is 2.12 bits per heavy atom. The molecule has 0 amide bonds. The molecule has 3 N–H and O–H groups in total. The Morgan fingerprint density at radius 3 is 2.59 bits per heavy atom. The van der Waals surface area contributed by atoms with E-state index in [0.29, 0.717) is 12.0 Å². The van der Waals surface area contributed by atoms with Gasteiger partial charge in [0, 0.05) is 24.7 Å². The van der Waals surface area contributed by atoms with Crippen molar-refractivity contribution < 1.29 is 5.11 Å². The van der Waals surface area contributed by atoms with E-state index >= 15 is 0 Å². The summed E-state index contributed by atoms with van der Waals surface area (Å²) in [5, 5.41) is 9.55. The summed E-state index contributed by atoms with van der Waals surface area (Å²) in [5.74, 6) is 0.649. The number of likely N-dealkylation sites (N-methyl/N-ethyl adjacent to an activating group) is 2. The maximum Gasteiger partial charge on any atom is 0.0601 e. The summed E-state index contributed by atoms with van der Waals surface area (Å²) in [6, 6.07) is 0.925. The van der Waals surface area contributed by atoms with Crippen molar-refractivity contribution in [2.75, 3.05) is 33.8 Å². The summed E-state index contributed by atoms with van der Waals surface area (Å²) in [6.45, 7) is 2.42. The fourth-order valence-corrected chi connectivity index (χ4v) is 3.03. The topological polar surface area (TPSA) is 52.7 Å². The van der Waals surface area contributed by atoms with Crippen LogP contribution in [0.4, 0.5) is 0 Å². The van der Waals surface area contributed by atoms with Crippen molar-refractivity contribution >= 4 is 0 Å². The van der Waals surface area contributed by atoms with Gasteiger partial charge in [0.15, 0.2) is 0 Å². The van der Waals surface area contributed by atoms with E-state index in [1.54, 1.807) is 0 Å². The second kappa shape index (κ2) is 5.65. The first-order valence-electron chi connectivity index (χ1n) is 6.90. The lowest BCUT2D eigenvalue weighted by Crippen LogP contribution is -2.52. The highest BCUT2D eigenvalue weighted by atomic mass is 16.3. The molecule has 0 spiro atoms. The van der Waals surface area contributed by atoms with Gasteiger partial charge >= 0.3 is 0 Å². The van der Waals surface area contributed by atoms with Crippen molar-refractivity contribution in [1.82, 2.24) is 9.80 Å². The summed E-state index contributed by atoms with van der Waals surface area (Å²) in [7, 11) is 4.30. The Morgan fingerprint density at radius 1 is 1.41 bits per heavy atom. The molecule has 1 aliphatic heterocycles. The van der Waals surface area contributed by atoms with Gasteiger partial charge in [-0.25, -0.2) is 0 Å². The average Bonchev–Trinajstić information content (AvgIpc) is 3.06. The van der Waals surface area contributed by atoms with Gasteiger partial charge in [0.2, 0.25) is 0 Å². The smallest absolute Gasteiger partial charge is 0.0601 e. The summed E-state index contributed by atoms with van der Waals surface area (Å²) < 4.78 is 0. The number of rotatable bonds is 6. The number of nitrogens with zero attached hydrogens (tertiary/aromatic N) is 2. The first kappa shape index (κ1) is 13.3. The predicted octanol–water partition coefficient (Wildman–Crippen LogP) is 0.111. The monoisotopic (exact) mass is 241 g/mol. The van der Waals surface area contributed by atoms with Gasteiger partial charge < -0.3 is 15.7 Å². The van der Waals surface area contributed by atoms with Gasteiger partial charge in [-0.05, 0) is 52.2 Å². The van der Waals surface area contributed by atoms with Gasteiger partial charge in [0.1, 0.15) is 0 Å². The predicted molar refractivity (Wildman–Crippen MR) is 69.9 cm³/mol. The molecule has 1 aliphatic carbocycles. The van der Waals surface area contributed by atoms with Crippen molar-refractivity contribution in [3.8, 4) is 0 Å². The second-order valence-corrected chi connectivity index (χ2v) is 5.88. The molecule has 1 saturated heterocycles. The van der Waals surface area contributed by atoms with Crippen LogP contribution in [0.3, 0.4) is 0 Å². The van der Waals surface area contributed by atoms with E-state index in [1.807, 2.05) is 0 Å². The van der Waals surface area contributed by atoms with E-state index in [1.165, 1.54) is 32.2 Å². The number of nitrogens with two attached hydrogens (primary N) is 1. The molecule has 17 heavy (non-hydrogen) atoms. The van der Waals surface area contributed by atoms with E-state index in [0.717, 1.165) is 6.54 Å². The first-order chi connectivity index (χ1) is 8.13. The highest BCUT2D eigenvalue weighted by Gasteiger charge is 2.36. The molecule has 1 saturated carbocycles. The molecule has 4 nitrogen and oxygen atoms in total. The SMILES string of the molecule is CN1CCCC1CN(C)C(CO)C(N)C1CC1. The molecule has 3 atom stereocenters. The molecule has 0 aromatic rings. The fraction of sp³-hybridized carbons (Fsp3) is 1.00. The van der Waals surface area contributed by atoms with Gasteiger partial charge in [0.25, 0.3) is 0 Å². The average molecular weight is 241 g/mol. The zero-order valence-corrected chi connectivity index (χ0v) is 11.2. The van der Waals surface area contributed by atoms with Crippen LogP contribution >= 0.6 is 0 Å². The number of aliphatic hydroxyl groups excluding tert-OH is 1. The van der Waals surface area contributed by atoms with Crippen LogP contribution in [-0.2, 0) is 0 Å². The van der Waals surface area contributed by atoms with Crippen molar-refractivity contribution in [3.05, 3.63) is 0 Å². The van der Waals surface area contributed by atoms with Crippen molar-refractivity contribution in [2.45, 2.75) is 43.8 Å². The lowest BCUT2D eigenvalue weighted by molar-refractivity contribution is 0.0990. The first-order valence-corrected chi connectivity index (χ1v) is 6.90. The summed E-state index contributed by atoms with van der Waals surface area (Å²) in [6.07, 6.45) is 5.06. The minimum Gasteiger partial charge on any atom is -0.395 e. The maximum absolute atomic E-state index is 9.55. The minimum absolute atomic E-state index is 0.136. The number of hydrogen-bond acceptors (Lipinski definition) is 4. The van der Waals surface area contributed by atoms with E-state index in [9.17, 15) is 5.11 Å². The fourth-order valence-electron chi connectivity index (χ4n) is 3.03. The highest BCUT2D eigenvalue weighted by Crippen LogP contribution is 2.34. The Hall–Kier alpha value is -0.160. The summed E-state index contributed by atoms with van der Waals surface area (Å²) in [5.41, 5.74) is 6.23. The molecule has 0 aromatic carbocycles. The zero-order valence-electron chi connectivity index (χ0n) is 11.2. The summed E-state index contributed by atoms with van der Waals surface area (Å²) in [4.78, 5) is 4.70. The van der Waals surface area contributed by atoms with E-state index in [2.05, 4.69) is 23.9 Å². The molecule has 3 unspecified atom stereocenters. The molecule has 100 valence electrons. The van der Waals surface area contributed by atoms with Gasteiger partial charge in [0.05, 0.1) is 6.61 Å². The van der Waals surface area contributed by atoms with Crippen molar-refractivity contribution in [1.29, 1.82) is 0 Å². The van der Waals surface area contributed by atoms with Crippen LogP contribution in [0.1, 0.15) is 25.7 Å². The standard InChI is InChI=1S/C13H27N3O/c1-15-7-3-4-11(15)8-16(2)12(9-17)13(14)10-5-6-10/h10-13,17H,3-9,14H2,1-2H3. The quantitative estimate of drug-likeness (QED) is 0.693. The van der Waals surface area contributed by atoms with Crippen LogP contribution in [0.5, 0.6) is 0 Å². The Bertz CT molecular complexity index is 245. The van der Waals surface area contributed by atoms with Crippen LogP contribution < -0.4 is 5.73 Å². The van der Waals surface area contributed by atoms with Crippen LogP contribution in [0.25, 0.3) is 0 Å². The molecule has 4 heteroatoms. The Labute approximate surface area is 105 Å². The summed E-state index contributed by atoms with van der Waals surface area (Å²) >= 11 is 0. The Balaban J connectivity index is 1.85. The van der Waals surface area contributed by atoms with E-state index < -0.39 is 0 Å². The molecule has 0 bridgehead atoms. The van der Waals surface area contributed by atoms with E-state index in [4.69, 9.17) is 5.73 Å². The van der Waals surface area contributed by atoms with Gasteiger partial charge in [-0.1, -0.05) is 0 Å². The van der Waals surface area contributed by atoms with Gasteiger partial charge in [-0.15, -0.1) is 0 Å². The van der Waals surface area contributed by atoms with Crippen molar-refractivity contribution in [3.63, 3.8) is 0 Å². The van der Waals surface area contributed by atoms with Crippen molar-refractivity contribution in [2.24, 2.45) is 11.7 Å². The third-order valence-corrected chi connectivity index (χ3v) is 4.53. The molecule has 2 rings (SSSR count). The zero-order chi connectivity index (χ0) is 12.4. The third-order valence-electron chi connectivity index (χ3n) is 4.53. The van der Waals surface area contributed by atoms with Crippen LogP contribution in [0.15, 0.2) is 0 Å². The van der Waals surface area contributed by atoms with Crippen LogP contribution in [0.2, 0.25) is 0 Å². The number of aliphatic hydroxyl groups is 1. The highest BCUT2D eigenvalue weighted by molar-refractivity contribution is 4.93. The lowest BCUT2D eigenvalue weighted by Gasteiger charge is -2.34. The van der Waals surface area contributed by atoms with Crippen LogP contribution in [0, 0.1) is 5.92 Å². The second-order valence-electron chi connectivity index (χ2n) is 5.88. The molecule has 0 radical (unpaired) electrons. The van der Waals surface area contributed by atoms with Gasteiger partial charge in [-0.3, -0.25) is 4.90 Å². The molecular weight excluding hydrogens is 214 g/mol.